The number of thioether (sulfide) groups is 1. The largest absolute Gasteiger partial charge is 0.398 e. The van der Waals surface area contributed by atoms with Crippen LogP contribution in [-0.2, 0) is 11.3 Å². The maximum absolute atomic E-state index is 11.5. The van der Waals surface area contributed by atoms with E-state index >= 15 is 0 Å². The lowest BCUT2D eigenvalue weighted by Crippen LogP contribution is -2.23. The summed E-state index contributed by atoms with van der Waals surface area (Å²) in [5, 5.41) is 2.74. The summed E-state index contributed by atoms with van der Waals surface area (Å²) >= 11 is 1.40. The number of carbonyl (C=O) groups excluding carboxylic acids is 2. The van der Waals surface area contributed by atoms with Gasteiger partial charge in [-0.3, -0.25) is 9.59 Å². The zero-order chi connectivity index (χ0) is 13.3. The van der Waals surface area contributed by atoms with Gasteiger partial charge in [0, 0.05) is 36.8 Å². The molecule has 0 aromatic heterocycles. The van der Waals surface area contributed by atoms with Crippen LogP contribution in [0.1, 0.15) is 15.9 Å². The number of nitrogens with two attached hydrogens (primary N) is 1. The number of nitrogens with zero attached hydrogens (tertiary/aromatic N) is 1. The fourth-order valence-electron chi connectivity index (χ4n) is 1.66. The van der Waals surface area contributed by atoms with Gasteiger partial charge in [-0.15, -0.1) is 11.8 Å². The summed E-state index contributed by atoms with van der Waals surface area (Å²) in [6, 6.07) is 3.57. The predicted octanol–water partition coefficient (Wildman–Crippen LogP) is 0.693. The first-order valence-electron chi connectivity index (χ1n) is 5.52. The summed E-state index contributed by atoms with van der Waals surface area (Å²) in [6.45, 7) is 0.531. The molecule has 1 heterocycles. The van der Waals surface area contributed by atoms with Crippen LogP contribution in [0.5, 0.6) is 0 Å². The van der Waals surface area contributed by atoms with Gasteiger partial charge in [0.25, 0.3) is 5.91 Å². The van der Waals surface area contributed by atoms with Gasteiger partial charge < -0.3 is 16.0 Å². The third-order valence-corrected chi connectivity index (χ3v) is 3.83. The number of benzene rings is 1. The molecule has 0 saturated heterocycles. The van der Waals surface area contributed by atoms with Crippen molar-refractivity contribution in [2.24, 2.45) is 0 Å². The molecule has 0 bridgehead atoms. The Labute approximate surface area is 110 Å². The van der Waals surface area contributed by atoms with E-state index in [9.17, 15) is 9.59 Å². The van der Waals surface area contributed by atoms with Crippen LogP contribution in [0.3, 0.4) is 0 Å². The van der Waals surface area contributed by atoms with Crippen molar-refractivity contribution in [3.63, 3.8) is 0 Å². The van der Waals surface area contributed by atoms with Crippen molar-refractivity contribution in [3.8, 4) is 0 Å². The van der Waals surface area contributed by atoms with E-state index in [0.717, 1.165) is 10.5 Å². The van der Waals surface area contributed by atoms with Crippen LogP contribution >= 0.6 is 11.8 Å². The van der Waals surface area contributed by atoms with Crippen LogP contribution in [0.25, 0.3) is 0 Å². The fraction of sp³-hybridized carbons (Fsp3) is 0.333. The Bertz CT molecular complexity index is 514. The van der Waals surface area contributed by atoms with E-state index in [1.807, 2.05) is 6.07 Å². The van der Waals surface area contributed by atoms with Crippen molar-refractivity contribution >= 4 is 29.3 Å². The second-order valence-corrected chi connectivity index (χ2v) is 5.32. The predicted molar refractivity (Wildman–Crippen MR) is 71.4 cm³/mol. The molecule has 0 fully saturated rings. The first kappa shape index (κ1) is 12.8. The number of fused-ring (bicyclic) bond motifs is 1. The number of rotatable bonds is 3. The van der Waals surface area contributed by atoms with Crippen LogP contribution in [0, 0.1) is 0 Å². The van der Waals surface area contributed by atoms with Crippen molar-refractivity contribution in [1.29, 1.82) is 0 Å². The molecule has 0 radical (unpaired) electrons. The van der Waals surface area contributed by atoms with Crippen molar-refractivity contribution < 1.29 is 9.59 Å². The van der Waals surface area contributed by atoms with Crippen LogP contribution in [0.15, 0.2) is 17.0 Å². The van der Waals surface area contributed by atoms with Gasteiger partial charge in [-0.05, 0) is 17.7 Å². The van der Waals surface area contributed by atoms with Crippen molar-refractivity contribution in [2.45, 2.75) is 11.4 Å². The molecule has 18 heavy (non-hydrogen) atoms. The standard InChI is InChI=1S/C12H15N3O2S/c1-15(2)11(16)6-18-10-3-7-5-14-12(17)8(7)4-9(10)13/h3-4H,5-6,13H2,1-2H3,(H,14,17). The van der Waals surface area contributed by atoms with Crippen LogP contribution in [0.2, 0.25) is 0 Å². The molecule has 0 aliphatic carbocycles. The quantitative estimate of drug-likeness (QED) is 0.623. The molecule has 6 heteroatoms. The van der Waals surface area contributed by atoms with Gasteiger partial charge in [0.2, 0.25) is 5.91 Å². The molecular formula is C12H15N3O2S. The molecule has 1 aromatic carbocycles. The molecule has 96 valence electrons. The fourth-order valence-corrected chi connectivity index (χ4v) is 2.65. The molecule has 2 amide bonds. The molecule has 3 N–H and O–H groups in total. The van der Waals surface area contributed by atoms with E-state index < -0.39 is 0 Å². The molecular weight excluding hydrogens is 250 g/mol. The van der Waals surface area contributed by atoms with E-state index in [-0.39, 0.29) is 11.8 Å². The van der Waals surface area contributed by atoms with E-state index in [0.29, 0.717) is 23.5 Å². The zero-order valence-electron chi connectivity index (χ0n) is 10.3. The molecule has 0 spiro atoms. The van der Waals surface area contributed by atoms with E-state index in [4.69, 9.17) is 5.73 Å². The minimum atomic E-state index is -0.0855. The van der Waals surface area contributed by atoms with Gasteiger partial charge in [0.1, 0.15) is 0 Å². The van der Waals surface area contributed by atoms with Gasteiger partial charge in [-0.1, -0.05) is 0 Å². The maximum atomic E-state index is 11.5. The van der Waals surface area contributed by atoms with Crippen LogP contribution in [-0.4, -0.2) is 36.6 Å². The van der Waals surface area contributed by atoms with Crippen LogP contribution < -0.4 is 11.1 Å². The Hall–Kier alpha value is -1.69. The molecule has 0 atom stereocenters. The normalized spacial score (nSPS) is 13.1. The number of anilines is 1. The number of hydrogen-bond donors (Lipinski definition) is 2. The number of nitrogens with one attached hydrogen (secondary N) is 1. The SMILES string of the molecule is CN(C)C(=O)CSc1cc2c(cc1N)C(=O)NC2. The van der Waals surface area contributed by atoms with Gasteiger partial charge in [-0.25, -0.2) is 0 Å². The average Bonchev–Trinajstić information content (AvgIpc) is 2.67. The van der Waals surface area contributed by atoms with Gasteiger partial charge in [0.15, 0.2) is 0 Å². The molecule has 0 saturated carbocycles. The Morgan fingerprint density at radius 1 is 1.50 bits per heavy atom. The molecule has 1 aromatic rings. The summed E-state index contributed by atoms with van der Waals surface area (Å²) in [7, 11) is 3.44. The summed E-state index contributed by atoms with van der Waals surface area (Å²) in [5.74, 6) is 0.295. The number of nitrogen functional groups attached to an aromatic ring is 1. The van der Waals surface area contributed by atoms with Gasteiger partial charge in [-0.2, -0.15) is 0 Å². The smallest absolute Gasteiger partial charge is 0.251 e. The summed E-state index contributed by atoms with van der Waals surface area (Å²) in [4.78, 5) is 25.4. The monoisotopic (exact) mass is 265 g/mol. The zero-order valence-corrected chi connectivity index (χ0v) is 11.1. The Morgan fingerprint density at radius 2 is 2.22 bits per heavy atom. The number of carbonyl (C=O) groups is 2. The molecule has 0 unspecified atom stereocenters. The maximum Gasteiger partial charge on any atom is 0.251 e. The topological polar surface area (TPSA) is 75.4 Å². The molecule has 2 rings (SSSR count). The minimum Gasteiger partial charge on any atom is -0.398 e. The van der Waals surface area contributed by atoms with Crippen molar-refractivity contribution in [1.82, 2.24) is 10.2 Å². The highest BCUT2D eigenvalue weighted by atomic mass is 32.2. The lowest BCUT2D eigenvalue weighted by atomic mass is 10.1. The van der Waals surface area contributed by atoms with Crippen molar-refractivity contribution in [3.05, 3.63) is 23.3 Å². The van der Waals surface area contributed by atoms with Crippen molar-refractivity contribution in [2.75, 3.05) is 25.6 Å². The highest BCUT2D eigenvalue weighted by Crippen LogP contribution is 2.30. The highest BCUT2D eigenvalue weighted by Gasteiger charge is 2.20. The molecule has 1 aliphatic rings. The van der Waals surface area contributed by atoms with Crippen LogP contribution in [0.4, 0.5) is 5.69 Å². The lowest BCUT2D eigenvalue weighted by Gasteiger charge is -2.11. The second kappa shape index (κ2) is 4.89. The summed E-state index contributed by atoms with van der Waals surface area (Å²) < 4.78 is 0. The lowest BCUT2D eigenvalue weighted by molar-refractivity contribution is -0.125. The van der Waals surface area contributed by atoms with E-state index in [1.165, 1.54) is 11.8 Å². The summed E-state index contributed by atoms with van der Waals surface area (Å²) in [6.07, 6.45) is 0. The van der Waals surface area contributed by atoms with Gasteiger partial charge >= 0.3 is 0 Å². The molecule has 1 aliphatic heterocycles. The Kier molecular flexibility index (Phi) is 3.47. The highest BCUT2D eigenvalue weighted by molar-refractivity contribution is 8.00. The third kappa shape index (κ3) is 2.43. The first-order valence-corrected chi connectivity index (χ1v) is 6.51. The van der Waals surface area contributed by atoms with E-state index in [2.05, 4.69) is 5.32 Å². The van der Waals surface area contributed by atoms with Gasteiger partial charge in [0.05, 0.1) is 5.75 Å². The minimum absolute atomic E-state index is 0.0362. The first-order chi connectivity index (χ1) is 8.49. The third-order valence-electron chi connectivity index (χ3n) is 2.77. The Morgan fingerprint density at radius 3 is 2.89 bits per heavy atom. The number of amides is 2. The summed E-state index contributed by atoms with van der Waals surface area (Å²) in [5.41, 5.74) is 8.01. The second-order valence-electron chi connectivity index (χ2n) is 4.31. The number of hydrogen-bond acceptors (Lipinski definition) is 4. The molecule has 5 nitrogen and oxygen atoms in total. The van der Waals surface area contributed by atoms with E-state index in [1.54, 1.807) is 25.1 Å². The Balaban J connectivity index is 2.15. The average molecular weight is 265 g/mol.